The molecule has 0 fully saturated rings. The number of rotatable bonds is 7. The summed E-state index contributed by atoms with van der Waals surface area (Å²) in [6, 6.07) is 6.64. The van der Waals surface area contributed by atoms with Crippen LogP contribution in [0.2, 0.25) is 0 Å². The molecule has 0 aliphatic carbocycles. The van der Waals surface area contributed by atoms with E-state index in [2.05, 4.69) is 35.8 Å². The monoisotopic (exact) mass is 385 g/mol. The maximum absolute atomic E-state index is 12.4. The average molecular weight is 385 g/mol. The molecule has 0 bridgehead atoms. The summed E-state index contributed by atoms with van der Waals surface area (Å²) in [6.45, 7) is 1.38. The molecule has 13 heteroatoms. The first-order chi connectivity index (χ1) is 13.5. The SMILES string of the molecule is Cc1nnn(-c2nonc2N)c1C(=O)N/N=C\c1ccc(OCC(N)=O)cc1. The van der Waals surface area contributed by atoms with Crippen LogP contribution in [0.4, 0.5) is 5.82 Å². The Morgan fingerprint density at radius 2 is 2.07 bits per heavy atom. The number of nitrogen functional groups attached to an aromatic ring is 1. The molecule has 1 aromatic carbocycles. The molecule has 0 atom stereocenters. The summed E-state index contributed by atoms with van der Waals surface area (Å²) in [5.41, 5.74) is 14.1. The van der Waals surface area contributed by atoms with Crippen molar-refractivity contribution in [1.29, 1.82) is 0 Å². The molecule has 5 N–H and O–H groups in total. The van der Waals surface area contributed by atoms with Crippen LogP contribution in [-0.2, 0) is 4.79 Å². The third-order valence-electron chi connectivity index (χ3n) is 3.39. The largest absolute Gasteiger partial charge is 0.484 e. The molecule has 3 aromatic rings. The summed E-state index contributed by atoms with van der Waals surface area (Å²) in [5.74, 6) is -0.671. The van der Waals surface area contributed by atoms with Gasteiger partial charge in [0.2, 0.25) is 11.6 Å². The number of amides is 2. The van der Waals surface area contributed by atoms with Crippen molar-refractivity contribution in [2.75, 3.05) is 12.3 Å². The summed E-state index contributed by atoms with van der Waals surface area (Å²) in [4.78, 5) is 23.1. The van der Waals surface area contributed by atoms with Gasteiger partial charge in [0.05, 0.1) is 11.9 Å². The van der Waals surface area contributed by atoms with Gasteiger partial charge in [-0.15, -0.1) is 5.10 Å². The highest BCUT2D eigenvalue weighted by Crippen LogP contribution is 2.15. The van der Waals surface area contributed by atoms with Gasteiger partial charge >= 0.3 is 0 Å². The molecule has 0 saturated heterocycles. The lowest BCUT2D eigenvalue weighted by molar-refractivity contribution is -0.119. The van der Waals surface area contributed by atoms with Gasteiger partial charge in [0.25, 0.3) is 11.8 Å². The van der Waals surface area contributed by atoms with Crippen molar-refractivity contribution in [2.45, 2.75) is 6.92 Å². The van der Waals surface area contributed by atoms with Gasteiger partial charge in [-0.05, 0) is 47.1 Å². The summed E-state index contributed by atoms with van der Waals surface area (Å²) in [5, 5.41) is 18.6. The Morgan fingerprint density at radius 1 is 1.32 bits per heavy atom. The highest BCUT2D eigenvalue weighted by molar-refractivity contribution is 5.94. The fraction of sp³-hybridized carbons (Fsp3) is 0.133. The number of hydrazone groups is 1. The van der Waals surface area contributed by atoms with Crippen molar-refractivity contribution in [3.05, 3.63) is 41.2 Å². The van der Waals surface area contributed by atoms with Crippen molar-refractivity contribution in [2.24, 2.45) is 10.8 Å². The van der Waals surface area contributed by atoms with Gasteiger partial charge in [0.1, 0.15) is 5.75 Å². The normalized spacial score (nSPS) is 10.9. The number of hydrogen-bond donors (Lipinski definition) is 3. The lowest BCUT2D eigenvalue weighted by atomic mass is 10.2. The van der Waals surface area contributed by atoms with Gasteiger partial charge in [0.15, 0.2) is 12.3 Å². The minimum atomic E-state index is -0.581. The smallest absolute Gasteiger partial charge is 0.292 e. The molecule has 0 saturated carbocycles. The Balaban J connectivity index is 1.67. The lowest BCUT2D eigenvalue weighted by Gasteiger charge is -2.04. The zero-order chi connectivity index (χ0) is 20.1. The predicted octanol–water partition coefficient (Wildman–Crippen LogP) is -0.831. The molecule has 2 heterocycles. The van der Waals surface area contributed by atoms with Crippen molar-refractivity contribution in [1.82, 2.24) is 30.7 Å². The van der Waals surface area contributed by atoms with E-state index >= 15 is 0 Å². The molecule has 0 unspecified atom stereocenters. The van der Waals surface area contributed by atoms with E-state index in [4.69, 9.17) is 16.2 Å². The number of hydrogen-bond acceptors (Lipinski definition) is 10. The predicted molar refractivity (Wildman–Crippen MR) is 94.6 cm³/mol. The molecule has 0 aliphatic heterocycles. The van der Waals surface area contributed by atoms with E-state index in [0.717, 1.165) is 4.68 Å². The van der Waals surface area contributed by atoms with E-state index in [9.17, 15) is 9.59 Å². The number of nitrogens with one attached hydrogen (secondary N) is 1. The quantitative estimate of drug-likeness (QED) is 0.344. The van der Waals surface area contributed by atoms with Crippen LogP contribution >= 0.6 is 0 Å². The number of anilines is 1. The summed E-state index contributed by atoms with van der Waals surface area (Å²) < 4.78 is 10.8. The molecule has 0 spiro atoms. The number of nitrogens with zero attached hydrogens (tertiary/aromatic N) is 6. The third kappa shape index (κ3) is 4.09. The van der Waals surface area contributed by atoms with E-state index in [-0.39, 0.29) is 23.9 Å². The van der Waals surface area contributed by atoms with Crippen molar-refractivity contribution < 1.29 is 19.0 Å². The first-order valence-corrected chi connectivity index (χ1v) is 7.81. The zero-order valence-electron chi connectivity index (χ0n) is 14.6. The number of carbonyl (C=O) groups is 2. The number of benzene rings is 1. The maximum atomic E-state index is 12.4. The van der Waals surface area contributed by atoms with Gasteiger partial charge in [-0.1, -0.05) is 5.21 Å². The minimum absolute atomic E-state index is 0.0407. The minimum Gasteiger partial charge on any atom is -0.484 e. The fourth-order valence-electron chi connectivity index (χ4n) is 2.13. The van der Waals surface area contributed by atoms with Crippen LogP contribution in [0, 0.1) is 6.92 Å². The Kier molecular flexibility index (Phi) is 5.25. The first kappa shape index (κ1) is 18.5. The van der Waals surface area contributed by atoms with E-state index in [1.165, 1.54) is 6.21 Å². The Labute approximate surface area is 157 Å². The molecule has 28 heavy (non-hydrogen) atoms. The van der Waals surface area contributed by atoms with Gasteiger partial charge in [0, 0.05) is 0 Å². The van der Waals surface area contributed by atoms with E-state index in [0.29, 0.717) is 17.0 Å². The molecule has 3 rings (SSSR count). The molecule has 0 aliphatic rings. The standard InChI is InChI=1S/C15H15N9O4/c1-8-12(24(23-19-8)14-13(17)21-28-22-14)15(26)20-18-6-9-2-4-10(5-3-9)27-7-11(16)25/h2-6H,7H2,1H3,(H2,16,25)(H2,17,21)(H,20,26)/b18-6-. The van der Waals surface area contributed by atoms with Crippen LogP contribution in [0.15, 0.2) is 34.0 Å². The van der Waals surface area contributed by atoms with Gasteiger partial charge in [-0.25, -0.2) is 10.1 Å². The third-order valence-corrected chi connectivity index (χ3v) is 3.39. The second-order valence-corrected chi connectivity index (χ2v) is 5.43. The molecule has 2 amide bonds. The fourth-order valence-corrected chi connectivity index (χ4v) is 2.13. The molecule has 144 valence electrons. The molecular weight excluding hydrogens is 370 g/mol. The summed E-state index contributed by atoms with van der Waals surface area (Å²) >= 11 is 0. The second kappa shape index (κ2) is 7.94. The van der Waals surface area contributed by atoms with Gasteiger partial charge in [-0.2, -0.15) is 9.78 Å². The second-order valence-electron chi connectivity index (χ2n) is 5.43. The highest BCUT2D eigenvalue weighted by Gasteiger charge is 2.22. The van der Waals surface area contributed by atoms with Crippen molar-refractivity contribution >= 4 is 23.8 Å². The number of carbonyl (C=O) groups excluding carboxylic acids is 2. The molecular formula is C15H15N9O4. The van der Waals surface area contributed by atoms with Crippen LogP contribution < -0.4 is 21.6 Å². The van der Waals surface area contributed by atoms with E-state index in [1.807, 2.05) is 0 Å². The van der Waals surface area contributed by atoms with Crippen LogP contribution in [0.3, 0.4) is 0 Å². The van der Waals surface area contributed by atoms with Crippen LogP contribution in [0.5, 0.6) is 5.75 Å². The number of ether oxygens (including phenoxy) is 1. The Morgan fingerprint density at radius 3 is 2.71 bits per heavy atom. The zero-order valence-corrected chi connectivity index (χ0v) is 14.6. The van der Waals surface area contributed by atoms with Crippen LogP contribution in [0.25, 0.3) is 5.82 Å². The van der Waals surface area contributed by atoms with Gasteiger partial charge < -0.3 is 16.2 Å². The molecule has 2 aromatic heterocycles. The highest BCUT2D eigenvalue weighted by atomic mass is 16.6. The van der Waals surface area contributed by atoms with Crippen molar-refractivity contribution in [3.8, 4) is 11.6 Å². The Bertz CT molecular complexity index is 1020. The number of nitrogens with two attached hydrogens (primary N) is 2. The van der Waals surface area contributed by atoms with Crippen molar-refractivity contribution in [3.63, 3.8) is 0 Å². The lowest BCUT2D eigenvalue weighted by Crippen LogP contribution is -2.22. The maximum Gasteiger partial charge on any atom is 0.292 e. The van der Waals surface area contributed by atoms with E-state index in [1.54, 1.807) is 31.2 Å². The summed E-state index contributed by atoms with van der Waals surface area (Å²) in [7, 11) is 0. The first-order valence-electron chi connectivity index (χ1n) is 7.81. The molecule has 13 nitrogen and oxygen atoms in total. The average Bonchev–Trinajstić information content (AvgIpc) is 3.26. The number of aryl methyl sites for hydroxylation is 1. The number of primary amides is 1. The summed E-state index contributed by atoms with van der Waals surface area (Å²) in [6.07, 6.45) is 1.42. The van der Waals surface area contributed by atoms with Gasteiger partial charge in [-0.3, -0.25) is 9.59 Å². The van der Waals surface area contributed by atoms with Crippen LogP contribution in [0.1, 0.15) is 21.7 Å². The number of aromatic nitrogens is 5. The van der Waals surface area contributed by atoms with E-state index < -0.39 is 11.8 Å². The molecule has 0 radical (unpaired) electrons. The Hall–Kier alpha value is -4.29. The topological polar surface area (TPSA) is 189 Å². The van der Waals surface area contributed by atoms with Crippen LogP contribution in [-0.4, -0.2) is 49.9 Å².